The second kappa shape index (κ2) is 9.58. The van der Waals surface area contributed by atoms with Gasteiger partial charge in [-0.1, -0.05) is 54.1 Å². The highest BCUT2D eigenvalue weighted by molar-refractivity contribution is 7.90. The molecule has 3 aromatic rings. The number of halogens is 7. The van der Waals surface area contributed by atoms with E-state index in [4.69, 9.17) is 11.6 Å². The van der Waals surface area contributed by atoms with E-state index in [1.54, 1.807) is 18.2 Å². The van der Waals surface area contributed by atoms with Crippen LogP contribution in [0.4, 0.5) is 32.0 Å². The Kier molecular flexibility index (Phi) is 7.04. The minimum absolute atomic E-state index is 0.0743. The maximum Gasteiger partial charge on any atom is 0.431 e. The van der Waals surface area contributed by atoms with Gasteiger partial charge in [0.15, 0.2) is 9.84 Å². The normalized spacial score (nSPS) is 17.0. The van der Waals surface area contributed by atoms with E-state index in [9.17, 15) is 39.9 Å². The van der Waals surface area contributed by atoms with E-state index in [0.717, 1.165) is 11.3 Å². The van der Waals surface area contributed by atoms with Crippen molar-refractivity contribution < 1.29 is 39.9 Å². The Morgan fingerprint density at radius 3 is 2.05 bits per heavy atom. The topological polar surface area (TPSA) is 70.0 Å². The van der Waals surface area contributed by atoms with Crippen molar-refractivity contribution in [2.75, 3.05) is 11.3 Å². The summed E-state index contributed by atoms with van der Waals surface area (Å²) in [6.45, 7) is 0. The van der Waals surface area contributed by atoms with E-state index >= 15 is 0 Å². The first-order chi connectivity index (χ1) is 17.5. The van der Waals surface area contributed by atoms with Crippen molar-refractivity contribution in [3.05, 3.63) is 83.4 Å². The summed E-state index contributed by atoms with van der Waals surface area (Å²) >= 11 is 6.22. The van der Waals surface area contributed by atoms with Gasteiger partial charge in [-0.05, 0) is 47.0 Å². The molecule has 1 atom stereocenters. The summed E-state index contributed by atoms with van der Waals surface area (Å²) in [4.78, 5) is 0.0743. The van der Waals surface area contributed by atoms with Gasteiger partial charge in [-0.3, -0.25) is 5.01 Å². The molecule has 38 heavy (non-hydrogen) atoms. The number of anilines is 1. The molecule has 1 heterocycles. The molecule has 0 spiro atoms. The van der Waals surface area contributed by atoms with Gasteiger partial charge < -0.3 is 5.11 Å². The molecule has 1 aliphatic rings. The molecular weight excluding hydrogens is 558 g/mol. The van der Waals surface area contributed by atoms with E-state index < -0.39 is 46.0 Å². The molecule has 3 aromatic carbocycles. The maximum atomic E-state index is 13.6. The number of hydrogen-bond donors (Lipinski definition) is 1. The van der Waals surface area contributed by atoms with Crippen LogP contribution in [0.1, 0.15) is 18.0 Å². The lowest BCUT2D eigenvalue weighted by molar-refractivity contribution is -0.338. The van der Waals surface area contributed by atoms with Crippen LogP contribution in [-0.2, 0) is 9.84 Å². The first-order valence-electron chi connectivity index (χ1n) is 10.9. The highest BCUT2D eigenvalue weighted by Crippen LogP contribution is 2.49. The van der Waals surface area contributed by atoms with E-state index in [0.29, 0.717) is 11.1 Å². The maximum absolute atomic E-state index is 13.6. The van der Waals surface area contributed by atoms with Gasteiger partial charge in [0, 0.05) is 17.7 Å². The van der Waals surface area contributed by atoms with E-state index in [-0.39, 0.29) is 21.2 Å². The van der Waals surface area contributed by atoms with Gasteiger partial charge in [0.25, 0.3) is 5.60 Å². The Hall–Kier alpha value is -3.09. The number of hydrogen-bond acceptors (Lipinski definition) is 5. The van der Waals surface area contributed by atoms with Crippen LogP contribution in [0.2, 0.25) is 5.02 Å². The molecule has 1 aliphatic heterocycles. The van der Waals surface area contributed by atoms with Gasteiger partial charge in [0.05, 0.1) is 22.3 Å². The summed E-state index contributed by atoms with van der Waals surface area (Å²) < 4.78 is 105. The zero-order chi connectivity index (χ0) is 28.1. The highest BCUT2D eigenvalue weighted by atomic mass is 35.5. The quantitative estimate of drug-likeness (QED) is 0.349. The second-order valence-corrected chi connectivity index (χ2v) is 11.1. The predicted molar refractivity (Wildman–Crippen MR) is 131 cm³/mol. The summed E-state index contributed by atoms with van der Waals surface area (Å²) in [6.07, 6.45) is -12.0. The zero-order valence-corrected chi connectivity index (χ0v) is 21.0. The first-order valence-corrected chi connectivity index (χ1v) is 13.2. The van der Waals surface area contributed by atoms with Crippen molar-refractivity contribution >= 4 is 32.8 Å². The second-order valence-electron chi connectivity index (χ2n) is 8.69. The lowest BCUT2D eigenvalue weighted by Crippen LogP contribution is -2.62. The van der Waals surface area contributed by atoms with Gasteiger partial charge in [0.1, 0.15) is 0 Å². The molecule has 0 fully saturated rings. The Morgan fingerprint density at radius 2 is 1.50 bits per heavy atom. The summed E-state index contributed by atoms with van der Waals surface area (Å²) in [6, 6.07) is 16.7. The van der Waals surface area contributed by atoms with Gasteiger partial charge in [-0.15, -0.1) is 0 Å². The molecule has 0 aliphatic carbocycles. The fourth-order valence-electron chi connectivity index (χ4n) is 4.16. The molecule has 0 radical (unpaired) electrons. The molecule has 0 aromatic heterocycles. The average molecular weight is 577 g/mol. The third kappa shape index (κ3) is 4.99. The summed E-state index contributed by atoms with van der Waals surface area (Å²) in [5.74, 6) is 0. The van der Waals surface area contributed by atoms with Crippen LogP contribution >= 0.6 is 11.6 Å². The van der Waals surface area contributed by atoms with Crippen molar-refractivity contribution in [1.29, 1.82) is 0 Å². The van der Waals surface area contributed by atoms with E-state index in [1.807, 2.05) is 0 Å². The van der Waals surface area contributed by atoms with Crippen molar-refractivity contribution in [2.45, 2.75) is 35.3 Å². The summed E-state index contributed by atoms with van der Waals surface area (Å²) in [5.41, 5.74) is -5.29. The molecule has 1 N–H and O–H groups in total. The highest BCUT2D eigenvalue weighted by Gasteiger charge is 2.74. The van der Waals surface area contributed by atoms with E-state index in [2.05, 4.69) is 5.10 Å². The number of alkyl halides is 6. The Labute approximate surface area is 218 Å². The largest absolute Gasteiger partial charge is 0.431 e. The SMILES string of the molecule is CS(=O)(=O)c1cccc(-c2ccc(N3N=C(C(O)(C(F)(F)F)C(F)(F)F)CC3c3ccccc3Cl)cc2)c1. The van der Waals surface area contributed by atoms with Crippen molar-refractivity contribution in [3.63, 3.8) is 0 Å². The molecule has 0 amide bonds. The fourth-order valence-corrected chi connectivity index (χ4v) is 5.08. The molecule has 0 saturated carbocycles. The van der Waals surface area contributed by atoms with Crippen LogP contribution in [0.15, 0.2) is 82.8 Å². The Bertz CT molecular complexity index is 1470. The van der Waals surface area contributed by atoms with Crippen LogP contribution in [0.25, 0.3) is 11.1 Å². The Balaban J connectivity index is 1.80. The predicted octanol–water partition coefficient (Wildman–Crippen LogP) is 6.57. The molecule has 0 bridgehead atoms. The molecule has 4 rings (SSSR count). The van der Waals surface area contributed by atoms with Crippen LogP contribution in [0.3, 0.4) is 0 Å². The summed E-state index contributed by atoms with van der Waals surface area (Å²) in [7, 11) is -3.49. The zero-order valence-electron chi connectivity index (χ0n) is 19.4. The smallest absolute Gasteiger partial charge is 0.369 e. The minimum atomic E-state index is -6.08. The number of rotatable bonds is 5. The molecule has 1 unspecified atom stereocenters. The summed E-state index contributed by atoms with van der Waals surface area (Å²) in [5, 5.41) is 14.7. The number of aliphatic hydroxyl groups is 1. The lowest BCUT2D eigenvalue weighted by atomic mass is 9.90. The van der Waals surface area contributed by atoms with Crippen molar-refractivity contribution in [1.82, 2.24) is 0 Å². The molecule has 5 nitrogen and oxygen atoms in total. The minimum Gasteiger partial charge on any atom is -0.369 e. The monoisotopic (exact) mass is 576 g/mol. The molecular formula is C25H19ClF6N2O3S. The lowest BCUT2D eigenvalue weighted by Gasteiger charge is -2.32. The number of benzene rings is 3. The number of hydrazone groups is 1. The Morgan fingerprint density at radius 1 is 0.895 bits per heavy atom. The van der Waals surface area contributed by atoms with Crippen LogP contribution in [0.5, 0.6) is 0 Å². The first kappa shape index (κ1) is 27.9. The van der Waals surface area contributed by atoms with Gasteiger partial charge >= 0.3 is 12.4 Å². The van der Waals surface area contributed by atoms with E-state index in [1.165, 1.54) is 54.6 Å². The van der Waals surface area contributed by atoms with Crippen LogP contribution in [0, 0.1) is 0 Å². The molecule has 13 heteroatoms. The average Bonchev–Trinajstić information content (AvgIpc) is 3.27. The van der Waals surface area contributed by atoms with Gasteiger partial charge in [-0.2, -0.15) is 31.4 Å². The third-order valence-electron chi connectivity index (χ3n) is 6.14. The van der Waals surface area contributed by atoms with Crippen molar-refractivity contribution in [2.24, 2.45) is 5.10 Å². The van der Waals surface area contributed by atoms with Gasteiger partial charge in [-0.25, -0.2) is 8.42 Å². The molecule has 202 valence electrons. The number of nitrogens with zero attached hydrogens (tertiary/aromatic N) is 2. The third-order valence-corrected chi connectivity index (χ3v) is 7.59. The molecule has 0 saturated heterocycles. The van der Waals surface area contributed by atoms with Crippen LogP contribution < -0.4 is 5.01 Å². The van der Waals surface area contributed by atoms with Gasteiger partial charge in [0.2, 0.25) is 0 Å². The van der Waals surface area contributed by atoms with Crippen LogP contribution in [-0.4, -0.2) is 43.4 Å². The fraction of sp³-hybridized carbons (Fsp3) is 0.240. The standard InChI is InChI=1S/C25H19ClF6N2O3S/c1-38(36,37)18-6-4-5-16(13-18)15-9-11-17(12-10-15)34-21(19-7-2-3-8-20(19)26)14-22(33-34)23(35,24(27,28)29)25(30,31)32/h2-13,21,35H,14H2,1H3. The number of sulfone groups is 1. The van der Waals surface area contributed by atoms with Crippen molar-refractivity contribution in [3.8, 4) is 11.1 Å².